The highest BCUT2D eigenvalue weighted by Crippen LogP contribution is 2.43. The molecule has 0 amide bonds. The van der Waals surface area contributed by atoms with Gasteiger partial charge in [0.15, 0.2) is 6.10 Å². The molecule has 1 saturated carbocycles. The van der Waals surface area contributed by atoms with Gasteiger partial charge in [0, 0.05) is 37.6 Å². The van der Waals surface area contributed by atoms with Crippen LogP contribution >= 0.6 is 7.82 Å². The summed E-state index contributed by atoms with van der Waals surface area (Å²) in [5.41, 5.74) is 5.35. The smallest absolute Gasteiger partial charge is 0.462 e. The Hall–Kier alpha value is -1.92. The second kappa shape index (κ2) is 35.8. The van der Waals surface area contributed by atoms with Gasteiger partial charge in [-0.1, -0.05) is 160 Å². The van der Waals surface area contributed by atoms with Crippen molar-refractivity contribution in [2.45, 2.75) is 206 Å². The van der Waals surface area contributed by atoms with Gasteiger partial charge in [0.25, 0.3) is 0 Å². The number of rotatable bonds is 39. The summed E-state index contributed by atoms with van der Waals surface area (Å²) in [4.78, 5) is 47.6. The van der Waals surface area contributed by atoms with E-state index in [9.17, 15) is 34.1 Å². The SMILES string of the molecule is CCCCCCCCCCCCCCCCCCCC(=O)O[C@H](COC(=O)CCC/C=C\C[C@H]1[C@@H](O)CC(=O)[C@@H]1/C=C/[C@@H](O)CCCCC)COP(=O)(O)OCCN. The molecule has 338 valence electrons. The lowest BCUT2D eigenvalue weighted by molar-refractivity contribution is -0.161. The van der Waals surface area contributed by atoms with Crippen molar-refractivity contribution in [3.63, 3.8) is 0 Å². The van der Waals surface area contributed by atoms with Crippen LogP contribution in [0.25, 0.3) is 0 Å². The zero-order chi connectivity index (χ0) is 42.7. The van der Waals surface area contributed by atoms with Crippen LogP contribution in [0.1, 0.15) is 187 Å². The van der Waals surface area contributed by atoms with Crippen LogP contribution in [0.3, 0.4) is 0 Å². The molecule has 0 heterocycles. The first-order valence-corrected chi connectivity index (χ1v) is 24.4. The summed E-state index contributed by atoms with van der Waals surface area (Å²) in [5, 5.41) is 20.7. The zero-order valence-corrected chi connectivity index (χ0v) is 37.1. The zero-order valence-electron chi connectivity index (χ0n) is 36.2. The van der Waals surface area contributed by atoms with Crippen molar-refractivity contribution in [2.24, 2.45) is 17.6 Å². The van der Waals surface area contributed by atoms with Gasteiger partial charge in [0.2, 0.25) is 0 Å². The van der Waals surface area contributed by atoms with E-state index in [1.165, 1.54) is 83.5 Å². The van der Waals surface area contributed by atoms with Crippen LogP contribution in [0.5, 0.6) is 0 Å². The number of hydrogen-bond donors (Lipinski definition) is 4. The number of carbonyl (C=O) groups excluding carboxylic acids is 3. The Labute approximate surface area is 351 Å². The lowest BCUT2D eigenvalue weighted by Crippen LogP contribution is -2.29. The Morgan fingerprint density at radius 2 is 1.33 bits per heavy atom. The molecule has 1 fully saturated rings. The van der Waals surface area contributed by atoms with E-state index >= 15 is 0 Å². The minimum Gasteiger partial charge on any atom is -0.462 e. The first-order chi connectivity index (χ1) is 28.0. The summed E-state index contributed by atoms with van der Waals surface area (Å²) >= 11 is 0. The lowest BCUT2D eigenvalue weighted by atomic mass is 9.90. The molecule has 13 heteroatoms. The van der Waals surface area contributed by atoms with E-state index in [1.54, 1.807) is 12.2 Å². The van der Waals surface area contributed by atoms with Crippen molar-refractivity contribution in [1.82, 2.24) is 0 Å². The standard InChI is InChI=1S/C45H82NO11P/c1-3-5-7-8-9-10-11-12-13-14-15-16-17-18-19-20-26-30-45(51)57-39(37-56-58(52,53)55-34-33-46)36-54-44(50)29-25-22-21-24-28-40-41(43(49)35-42(40)48)32-31-38(47)27-23-6-4-2/h21,24,31-32,38-42,47-48H,3-20,22-23,25-30,33-37,46H2,1-2H3,(H,52,53)/b24-21-,32-31+/t38-,39+,40+,41+,42-/m0/s1. The number of carbonyl (C=O) groups is 3. The van der Waals surface area contributed by atoms with Gasteiger partial charge in [0.05, 0.1) is 25.4 Å². The highest BCUT2D eigenvalue weighted by molar-refractivity contribution is 7.47. The van der Waals surface area contributed by atoms with E-state index in [2.05, 4.69) is 13.8 Å². The van der Waals surface area contributed by atoms with Crippen molar-refractivity contribution in [3.05, 3.63) is 24.3 Å². The summed E-state index contributed by atoms with van der Waals surface area (Å²) in [7, 11) is -4.44. The summed E-state index contributed by atoms with van der Waals surface area (Å²) in [5.74, 6) is -1.75. The third kappa shape index (κ3) is 29.3. The first kappa shape index (κ1) is 54.1. The number of hydrogen-bond acceptors (Lipinski definition) is 11. The van der Waals surface area contributed by atoms with Gasteiger partial charge >= 0.3 is 19.8 Å². The fourth-order valence-electron chi connectivity index (χ4n) is 7.20. The maximum Gasteiger partial charge on any atom is 0.472 e. The number of phosphoric ester groups is 1. The molecular weight excluding hydrogens is 761 g/mol. The topological polar surface area (TPSA) is 192 Å². The van der Waals surface area contributed by atoms with Crippen molar-refractivity contribution >= 4 is 25.5 Å². The predicted octanol–water partition coefficient (Wildman–Crippen LogP) is 9.76. The summed E-state index contributed by atoms with van der Waals surface area (Å²) in [6.45, 7) is 3.34. The molecule has 0 aromatic carbocycles. The van der Waals surface area contributed by atoms with Crippen molar-refractivity contribution < 1.29 is 52.6 Å². The van der Waals surface area contributed by atoms with Gasteiger partial charge in [-0.05, 0) is 32.1 Å². The molecule has 0 spiro atoms. The Bertz CT molecular complexity index is 1170. The number of esters is 2. The Kier molecular flexibility index (Phi) is 33.4. The minimum atomic E-state index is -4.44. The fourth-order valence-corrected chi connectivity index (χ4v) is 7.97. The molecule has 0 aromatic rings. The number of Topliss-reactive ketones (excluding diaryl/α,β-unsaturated/α-hetero) is 1. The molecule has 0 bridgehead atoms. The Morgan fingerprint density at radius 1 is 0.776 bits per heavy atom. The maximum absolute atomic E-state index is 12.6. The van der Waals surface area contributed by atoms with Gasteiger partial charge in [-0.25, -0.2) is 4.57 Å². The van der Waals surface area contributed by atoms with Crippen LogP contribution in [0.2, 0.25) is 0 Å². The van der Waals surface area contributed by atoms with Crippen LogP contribution in [0.4, 0.5) is 0 Å². The highest BCUT2D eigenvalue weighted by atomic mass is 31.2. The number of allylic oxidation sites excluding steroid dienone is 3. The molecular formula is C45H82NO11P. The van der Waals surface area contributed by atoms with E-state index in [-0.39, 0.29) is 50.7 Å². The number of phosphoric acid groups is 1. The third-order valence-corrected chi connectivity index (χ3v) is 11.7. The average Bonchev–Trinajstić information content (AvgIpc) is 3.47. The normalized spacial score (nSPS) is 19.2. The monoisotopic (exact) mass is 844 g/mol. The quantitative estimate of drug-likeness (QED) is 0.0199. The summed E-state index contributed by atoms with van der Waals surface area (Å²) in [6, 6.07) is 0. The van der Waals surface area contributed by atoms with Crippen molar-refractivity contribution in [3.8, 4) is 0 Å². The van der Waals surface area contributed by atoms with Gasteiger partial charge in [-0.3, -0.25) is 23.4 Å². The second-order valence-electron chi connectivity index (χ2n) is 16.1. The number of nitrogens with two attached hydrogens (primary N) is 1. The van der Waals surface area contributed by atoms with E-state index < -0.39 is 50.6 Å². The van der Waals surface area contributed by atoms with Crippen LogP contribution in [-0.2, 0) is 37.5 Å². The molecule has 1 aliphatic rings. The molecule has 0 saturated heterocycles. The molecule has 1 unspecified atom stereocenters. The average molecular weight is 844 g/mol. The molecule has 1 aliphatic carbocycles. The molecule has 12 nitrogen and oxygen atoms in total. The van der Waals surface area contributed by atoms with Gasteiger partial charge in [0.1, 0.15) is 12.4 Å². The van der Waals surface area contributed by atoms with Crippen LogP contribution in [0, 0.1) is 11.8 Å². The number of ketones is 1. The first-order valence-electron chi connectivity index (χ1n) is 22.9. The third-order valence-electron chi connectivity index (χ3n) is 10.7. The molecule has 58 heavy (non-hydrogen) atoms. The fraction of sp³-hybridized carbons (Fsp3) is 0.844. The largest absolute Gasteiger partial charge is 0.472 e. The number of aliphatic hydroxyl groups excluding tert-OH is 2. The number of aliphatic hydroxyl groups is 2. The van der Waals surface area contributed by atoms with Gasteiger partial charge in [-0.15, -0.1) is 0 Å². The van der Waals surface area contributed by atoms with Crippen LogP contribution in [0.15, 0.2) is 24.3 Å². The summed E-state index contributed by atoms with van der Waals surface area (Å²) in [6.07, 6.45) is 31.4. The molecule has 0 aromatic heterocycles. The van der Waals surface area contributed by atoms with Crippen LogP contribution < -0.4 is 5.73 Å². The number of ether oxygens (including phenoxy) is 2. The molecule has 5 N–H and O–H groups in total. The molecule has 0 aliphatic heterocycles. The van der Waals surface area contributed by atoms with E-state index in [4.69, 9.17) is 24.3 Å². The molecule has 0 radical (unpaired) electrons. The Morgan fingerprint density at radius 3 is 1.91 bits per heavy atom. The van der Waals surface area contributed by atoms with E-state index in [1.807, 2.05) is 12.2 Å². The van der Waals surface area contributed by atoms with E-state index in [0.717, 1.165) is 38.5 Å². The van der Waals surface area contributed by atoms with Gasteiger partial charge in [-0.2, -0.15) is 0 Å². The van der Waals surface area contributed by atoms with E-state index in [0.29, 0.717) is 32.1 Å². The maximum atomic E-state index is 12.6. The van der Waals surface area contributed by atoms with Crippen molar-refractivity contribution in [1.29, 1.82) is 0 Å². The summed E-state index contributed by atoms with van der Waals surface area (Å²) < 4.78 is 32.8. The number of unbranched alkanes of at least 4 members (excludes halogenated alkanes) is 19. The predicted molar refractivity (Wildman–Crippen MR) is 230 cm³/mol. The molecule has 6 atom stereocenters. The lowest BCUT2D eigenvalue weighted by Gasteiger charge is -2.19. The van der Waals surface area contributed by atoms with Crippen LogP contribution in [-0.4, -0.2) is 77.5 Å². The second-order valence-corrected chi connectivity index (χ2v) is 17.5. The van der Waals surface area contributed by atoms with Crippen molar-refractivity contribution in [2.75, 3.05) is 26.4 Å². The molecule has 1 rings (SSSR count). The Balaban J connectivity index is 2.36. The highest BCUT2D eigenvalue weighted by Gasteiger charge is 2.39. The van der Waals surface area contributed by atoms with Gasteiger partial charge < -0.3 is 30.3 Å². The minimum absolute atomic E-state index is 0.0167.